The Morgan fingerprint density at radius 1 is 0.875 bits per heavy atom. The quantitative estimate of drug-likeness (QED) is 0.549. The van der Waals surface area contributed by atoms with E-state index in [1.54, 1.807) is 6.07 Å². The summed E-state index contributed by atoms with van der Waals surface area (Å²) in [4.78, 5) is 20.2. The first kappa shape index (κ1) is 13.1. The highest BCUT2D eigenvalue weighted by molar-refractivity contribution is 6.57. The molecule has 0 amide bonds. The lowest BCUT2D eigenvalue weighted by Crippen LogP contribution is -2.10. The molecule has 1 aliphatic rings. The van der Waals surface area contributed by atoms with Crippen LogP contribution in [-0.4, -0.2) is 21.6 Å². The summed E-state index contributed by atoms with van der Waals surface area (Å²) in [5, 5.41) is 13.3. The standard InChI is InChI=1S/C20H12N2O2/c23-19-13-7-3-4-8-15(13)21-18(19)16-14-10-9-11-5-1-2-6-12(11)17(14)22-20(16)24/h1-10,22,24H. The first-order valence-corrected chi connectivity index (χ1v) is 7.69. The van der Waals surface area contributed by atoms with Crippen LogP contribution in [0.2, 0.25) is 0 Å². The second-order valence-electron chi connectivity index (χ2n) is 5.86. The first-order chi connectivity index (χ1) is 11.7. The maximum Gasteiger partial charge on any atom is 0.214 e. The van der Waals surface area contributed by atoms with Gasteiger partial charge in [-0.3, -0.25) is 4.79 Å². The van der Waals surface area contributed by atoms with Crippen LogP contribution >= 0.6 is 0 Å². The molecule has 0 unspecified atom stereocenters. The number of para-hydroxylation sites is 1. The van der Waals surface area contributed by atoms with Crippen LogP contribution < -0.4 is 0 Å². The molecule has 5 rings (SSSR count). The highest BCUT2D eigenvalue weighted by Crippen LogP contribution is 2.37. The molecule has 0 saturated carbocycles. The lowest BCUT2D eigenvalue weighted by atomic mass is 10.00. The smallest absolute Gasteiger partial charge is 0.214 e. The molecule has 3 aromatic carbocycles. The van der Waals surface area contributed by atoms with Gasteiger partial charge in [-0.1, -0.05) is 48.5 Å². The van der Waals surface area contributed by atoms with Crippen LogP contribution in [0.25, 0.3) is 21.7 Å². The number of nitrogens with one attached hydrogen (secondary N) is 1. The van der Waals surface area contributed by atoms with Crippen molar-refractivity contribution in [1.29, 1.82) is 0 Å². The maximum atomic E-state index is 12.7. The Bertz CT molecular complexity index is 1180. The summed E-state index contributed by atoms with van der Waals surface area (Å²) < 4.78 is 0. The molecule has 0 saturated heterocycles. The summed E-state index contributed by atoms with van der Waals surface area (Å²) in [6.07, 6.45) is 0. The molecular formula is C20H12N2O2. The molecule has 114 valence electrons. The number of hydrogen-bond acceptors (Lipinski definition) is 3. The zero-order chi connectivity index (χ0) is 16.3. The number of carbonyl (C=O) groups excluding carboxylic acids is 1. The van der Waals surface area contributed by atoms with Gasteiger partial charge in [-0.25, -0.2) is 4.99 Å². The molecule has 0 fully saturated rings. The van der Waals surface area contributed by atoms with E-state index in [-0.39, 0.29) is 17.4 Å². The fourth-order valence-electron chi connectivity index (χ4n) is 3.39. The molecule has 4 aromatic rings. The zero-order valence-electron chi connectivity index (χ0n) is 12.6. The van der Waals surface area contributed by atoms with E-state index in [1.165, 1.54) is 0 Å². The van der Waals surface area contributed by atoms with Crippen molar-refractivity contribution in [1.82, 2.24) is 4.98 Å². The van der Waals surface area contributed by atoms with Crippen molar-refractivity contribution in [2.45, 2.75) is 0 Å². The summed E-state index contributed by atoms with van der Waals surface area (Å²) >= 11 is 0. The number of aliphatic imine (C=N–C) groups is 1. The Balaban J connectivity index is 1.81. The molecule has 1 aliphatic heterocycles. The molecule has 0 spiro atoms. The third kappa shape index (κ3) is 1.62. The average Bonchev–Trinajstić information content (AvgIpc) is 3.12. The molecular weight excluding hydrogens is 300 g/mol. The van der Waals surface area contributed by atoms with Gasteiger partial charge < -0.3 is 10.1 Å². The van der Waals surface area contributed by atoms with Crippen molar-refractivity contribution in [2.24, 2.45) is 4.99 Å². The molecule has 4 nitrogen and oxygen atoms in total. The van der Waals surface area contributed by atoms with Gasteiger partial charge in [0.25, 0.3) is 0 Å². The predicted molar refractivity (Wildman–Crippen MR) is 94.4 cm³/mol. The Kier molecular flexibility index (Phi) is 2.48. The van der Waals surface area contributed by atoms with Gasteiger partial charge in [0.05, 0.1) is 16.8 Å². The number of fused-ring (bicyclic) bond motifs is 4. The van der Waals surface area contributed by atoms with E-state index in [1.807, 2.05) is 54.6 Å². The van der Waals surface area contributed by atoms with Gasteiger partial charge in [-0.15, -0.1) is 0 Å². The van der Waals surface area contributed by atoms with Crippen molar-refractivity contribution in [3.05, 3.63) is 71.8 Å². The molecule has 4 heteroatoms. The fraction of sp³-hybridized carbons (Fsp3) is 0. The first-order valence-electron chi connectivity index (χ1n) is 7.69. The van der Waals surface area contributed by atoms with Crippen LogP contribution in [0.3, 0.4) is 0 Å². The van der Waals surface area contributed by atoms with E-state index in [2.05, 4.69) is 9.98 Å². The van der Waals surface area contributed by atoms with E-state index in [9.17, 15) is 9.90 Å². The monoisotopic (exact) mass is 312 g/mol. The number of aromatic hydroxyl groups is 1. The number of Topliss-reactive ketones (excluding diaryl/α,β-unsaturated/α-hetero) is 1. The van der Waals surface area contributed by atoms with Crippen LogP contribution in [0.1, 0.15) is 15.9 Å². The summed E-state index contributed by atoms with van der Waals surface area (Å²) in [6.45, 7) is 0. The number of aromatic amines is 1. The number of benzene rings is 3. The van der Waals surface area contributed by atoms with Crippen LogP contribution in [0.15, 0.2) is 65.7 Å². The van der Waals surface area contributed by atoms with Gasteiger partial charge in [0.1, 0.15) is 5.71 Å². The van der Waals surface area contributed by atoms with Crippen LogP contribution in [0, 0.1) is 0 Å². The minimum atomic E-state index is -0.157. The number of carbonyl (C=O) groups is 1. The number of aromatic nitrogens is 1. The van der Waals surface area contributed by atoms with Crippen LogP contribution in [-0.2, 0) is 0 Å². The molecule has 2 N–H and O–H groups in total. The van der Waals surface area contributed by atoms with Gasteiger partial charge in [0.2, 0.25) is 5.78 Å². The van der Waals surface area contributed by atoms with Crippen LogP contribution in [0.4, 0.5) is 5.69 Å². The second kappa shape index (κ2) is 4.55. The molecule has 2 heterocycles. The van der Waals surface area contributed by atoms with E-state index >= 15 is 0 Å². The Hall–Kier alpha value is -3.40. The van der Waals surface area contributed by atoms with E-state index in [0.29, 0.717) is 16.8 Å². The van der Waals surface area contributed by atoms with E-state index < -0.39 is 0 Å². The number of ketones is 1. The largest absolute Gasteiger partial charge is 0.494 e. The number of nitrogens with zero attached hydrogens (tertiary/aromatic N) is 1. The molecule has 0 aliphatic carbocycles. The lowest BCUT2D eigenvalue weighted by molar-refractivity contribution is 0.107. The predicted octanol–water partition coefficient (Wildman–Crippen LogP) is 4.34. The van der Waals surface area contributed by atoms with E-state index in [0.717, 1.165) is 21.7 Å². The van der Waals surface area contributed by atoms with Gasteiger partial charge in [-0.2, -0.15) is 0 Å². The minimum Gasteiger partial charge on any atom is -0.494 e. The summed E-state index contributed by atoms with van der Waals surface area (Å²) in [6, 6.07) is 19.1. The van der Waals surface area contributed by atoms with Crippen molar-refractivity contribution < 1.29 is 9.90 Å². The SMILES string of the molecule is O=C1C(c2c(O)[nH]c3c2ccc2ccccc23)=Nc2ccccc21. The average molecular weight is 312 g/mol. The van der Waals surface area contributed by atoms with E-state index in [4.69, 9.17) is 0 Å². The summed E-state index contributed by atoms with van der Waals surface area (Å²) in [7, 11) is 0. The maximum absolute atomic E-state index is 12.7. The summed E-state index contributed by atoms with van der Waals surface area (Å²) in [5.74, 6) is -0.184. The normalized spacial score (nSPS) is 13.5. The van der Waals surface area contributed by atoms with Gasteiger partial charge >= 0.3 is 0 Å². The zero-order valence-corrected chi connectivity index (χ0v) is 12.6. The van der Waals surface area contributed by atoms with Crippen LogP contribution in [0.5, 0.6) is 5.88 Å². The second-order valence-corrected chi connectivity index (χ2v) is 5.86. The third-order valence-electron chi connectivity index (χ3n) is 4.51. The van der Waals surface area contributed by atoms with Crippen molar-refractivity contribution >= 4 is 38.9 Å². The number of rotatable bonds is 1. The van der Waals surface area contributed by atoms with Crippen molar-refractivity contribution in [3.8, 4) is 5.88 Å². The molecule has 24 heavy (non-hydrogen) atoms. The Morgan fingerprint density at radius 3 is 2.54 bits per heavy atom. The molecule has 0 radical (unpaired) electrons. The fourth-order valence-corrected chi connectivity index (χ4v) is 3.39. The molecule has 0 atom stereocenters. The number of H-pyrrole nitrogens is 1. The minimum absolute atomic E-state index is 0.0266. The molecule has 0 bridgehead atoms. The van der Waals surface area contributed by atoms with Gasteiger partial charge in [0, 0.05) is 16.3 Å². The third-order valence-corrected chi connectivity index (χ3v) is 4.51. The lowest BCUT2D eigenvalue weighted by Gasteiger charge is -2.01. The van der Waals surface area contributed by atoms with Gasteiger partial charge in [-0.05, 0) is 17.5 Å². The Morgan fingerprint density at radius 2 is 1.67 bits per heavy atom. The van der Waals surface area contributed by atoms with Crippen molar-refractivity contribution in [2.75, 3.05) is 0 Å². The highest BCUT2D eigenvalue weighted by atomic mass is 16.3. The number of hydrogen-bond donors (Lipinski definition) is 2. The summed E-state index contributed by atoms with van der Waals surface area (Å²) in [5.41, 5.74) is 2.79. The highest BCUT2D eigenvalue weighted by Gasteiger charge is 2.30. The van der Waals surface area contributed by atoms with Crippen molar-refractivity contribution in [3.63, 3.8) is 0 Å². The Labute approximate surface area is 137 Å². The topological polar surface area (TPSA) is 65.4 Å². The molecule has 1 aromatic heterocycles. The van der Waals surface area contributed by atoms with Gasteiger partial charge in [0.15, 0.2) is 5.88 Å².